The maximum absolute atomic E-state index is 5.67. The van der Waals surface area contributed by atoms with Gasteiger partial charge in [0.1, 0.15) is 0 Å². The summed E-state index contributed by atoms with van der Waals surface area (Å²) in [6.45, 7) is 9.41. The summed E-state index contributed by atoms with van der Waals surface area (Å²) < 4.78 is 0. The third-order valence-electron chi connectivity index (χ3n) is 3.63. The fraction of sp³-hybridized carbons (Fsp3) is 1.00. The number of hydrogen-bond acceptors (Lipinski definition) is 3. The monoisotopic (exact) mass is 244 g/mol. The van der Waals surface area contributed by atoms with Crippen LogP contribution in [0.15, 0.2) is 0 Å². The van der Waals surface area contributed by atoms with Crippen LogP contribution in [0.3, 0.4) is 0 Å². The predicted molar refractivity (Wildman–Crippen MR) is 75.0 cm³/mol. The molecule has 0 spiro atoms. The van der Waals surface area contributed by atoms with Crippen molar-refractivity contribution in [2.24, 2.45) is 17.6 Å². The van der Waals surface area contributed by atoms with E-state index >= 15 is 0 Å². The summed E-state index contributed by atoms with van der Waals surface area (Å²) in [5.41, 5.74) is 5.67. The summed E-state index contributed by atoms with van der Waals surface area (Å²) in [5.74, 6) is 4.29. The number of thioether (sulfide) groups is 1. The molecule has 1 rings (SSSR count). The highest BCUT2D eigenvalue weighted by Gasteiger charge is 2.14. The maximum Gasteiger partial charge on any atom is 0.00727 e. The predicted octanol–water partition coefficient (Wildman–Crippen LogP) is 2.44. The molecule has 1 atom stereocenters. The van der Waals surface area contributed by atoms with E-state index in [9.17, 15) is 0 Å². The second-order valence-electron chi connectivity index (χ2n) is 5.18. The molecule has 0 aromatic rings. The standard InChI is InChI=1S/C13H28N2S/c1-12(2)13(5-6-14)4-3-7-15-8-10-16-11-9-15/h12-13H,3-11,14H2,1-2H3. The van der Waals surface area contributed by atoms with E-state index in [2.05, 4.69) is 30.5 Å². The molecule has 1 saturated heterocycles. The Labute approximate surface area is 105 Å². The van der Waals surface area contributed by atoms with Crippen LogP contribution in [0.4, 0.5) is 0 Å². The van der Waals surface area contributed by atoms with Gasteiger partial charge < -0.3 is 10.6 Å². The Bertz CT molecular complexity index is 167. The average Bonchev–Trinajstić information content (AvgIpc) is 2.29. The molecule has 0 aromatic carbocycles. The van der Waals surface area contributed by atoms with Crippen LogP contribution in [0.25, 0.3) is 0 Å². The van der Waals surface area contributed by atoms with Gasteiger partial charge in [-0.25, -0.2) is 0 Å². The number of nitrogens with two attached hydrogens (primary N) is 1. The molecule has 1 aliphatic rings. The van der Waals surface area contributed by atoms with Crippen LogP contribution in [0.2, 0.25) is 0 Å². The largest absolute Gasteiger partial charge is 0.330 e. The van der Waals surface area contributed by atoms with Gasteiger partial charge in [-0.3, -0.25) is 0 Å². The lowest BCUT2D eigenvalue weighted by Crippen LogP contribution is -2.33. The van der Waals surface area contributed by atoms with Crippen LogP contribution in [0, 0.1) is 11.8 Å². The summed E-state index contributed by atoms with van der Waals surface area (Å²) in [5, 5.41) is 0. The molecule has 2 nitrogen and oxygen atoms in total. The molecule has 0 bridgehead atoms. The van der Waals surface area contributed by atoms with Crippen LogP contribution in [0.1, 0.15) is 33.1 Å². The zero-order chi connectivity index (χ0) is 11.8. The molecule has 16 heavy (non-hydrogen) atoms. The number of rotatable bonds is 7. The van der Waals surface area contributed by atoms with E-state index < -0.39 is 0 Å². The van der Waals surface area contributed by atoms with Crippen molar-refractivity contribution in [3.63, 3.8) is 0 Å². The lowest BCUT2D eigenvalue weighted by atomic mass is 9.88. The maximum atomic E-state index is 5.67. The second kappa shape index (κ2) is 8.37. The lowest BCUT2D eigenvalue weighted by Gasteiger charge is -2.27. The summed E-state index contributed by atoms with van der Waals surface area (Å²) in [7, 11) is 0. The van der Waals surface area contributed by atoms with Gasteiger partial charge in [0.25, 0.3) is 0 Å². The molecule has 1 aliphatic heterocycles. The van der Waals surface area contributed by atoms with Gasteiger partial charge in [0.2, 0.25) is 0 Å². The Hall–Kier alpha value is 0.270. The quantitative estimate of drug-likeness (QED) is 0.746. The molecular weight excluding hydrogens is 216 g/mol. The molecule has 0 aromatic heterocycles. The normalized spacial score (nSPS) is 20.2. The topological polar surface area (TPSA) is 29.3 Å². The Balaban J connectivity index is 2.11. The molecule has 3 heteroatoms. The summed E-state index contributed by atoms with van der Waals surface area (Å²) in [6, 6.07) is 0. The Morgan fingerprint density at radius 3 is 2.44 bits per heavy atom. The minimum Gasteiger partial charge on any atom is -0.330 e. The highest BCUT2D eigenvalue weighted by atomic mass is 32.2. The first kappa shape index (κ1) is 14.3. The minimum atomic E-state index is 0.792. The molecule has 0 aliphatic carbocycles. The van der Waals surface area contributed by atoms with E-state index in [-0.39, 0.29) is 0 Å². The van der Waals surface area contributed by atoms with Gasteiger partial charge in [-0.15, -0.1) is 0 Å². The van der Waals surface area contributed by atoms with Gasteiger partial charge in [-0.1, -0.05) is 13.8 Å². The number of nitrogens with zero attached hydrogens (tertiary/aromatic N) is 1. The Morgan fingerprint density at radius 2 is 1.88 bits per heavy atom. The second-order valence-corrected chi connectivity index (χ2v) is 6.40. The van der Waals surface area contributed by atoms with Crippen molar-refractivity contribution in [1.29, 1.82) is 0 Å². The van der Waals surface area contributed by atoms with Gasteiger partial charge in [0.15, 0.2) is 0 Å². The van der Waals surface area contributed by atoms with Crippen LogP contribution in [-0.4, -0.2) is 42.6 Å². The highest BCUT2D eigenvalue weighted by molar-refractivity contribution is 7.99. The van der Waals surface area contributed by atoms with Gasteiger partial charge in [0, 0.05) is 24.6 Å². The van der Waals surface area contributed by atoms with Crippen molar-refractivity contribution >= 4 is 11.8 Å². The van der Waals surface area contributed by atoms with E-state index in [1.807, 2.05) is 0 Å². The van der Waals surface area contributed by atoms with Crippen molar-refractivity contribution in [1.82, 2.24) is 4.90 Å². The zero-order valence-electron chi connectivity index (χ0n) is 11.0. The van der Waals surface area contributed by atoms with E-state index in [0.29, 0.717) is 0 Å². The van der Waals surface area contributed by atoms with Crippen LogP contribution in [-0.2, 0) is 0 Å². The average molecular weight is 244 g/mol. The van der Waals surface area contributed by atoms with Crippen molar-refractivity contribution < 1.29 is 0 Å². The highest BCUT2D eigenvalue weighted by Crippen LogP contribution is 2.21. The van der Waals surface area contributed by atoms with E-state index in [1.165, 1.54) is 50.4 Å². The SMILES string of the molecule is CC(C)C(CCN)CCCN1CCSCC1. The van der Waals surface area contributed by atoms with Gasteiger partial charge in [-0.05, 0) is 44.2 Å². The molecule has 2 N–H and O–H groups in total. The molecular formula is C13H28N2S. The molecule has 1 heterocycles. The fourth-order valence-electron chi connectivity index (χ4n) is 2.43. The summed E-state index contributed by atoms with van der Waals surface area (Å²) in [4.78, 5) is 2.62. The molecule has 0 amide bonds. The van der Waals surface area contributed by atoms with Crippen molar-refractivity contribution in [3.8, 4) is 0 Å². The Kier molecular flexibility index (Phi) is 7.50. The smallest absolute Gasteiger partial charge is 0.00727 e. The van der Waals surface area contributed by atoms with Crippen molar-refractivity contribution in [3.05, 3.63) is 0 Å². The van der Waals surface area contributed by atoms with Crippen molar-refractivity contribution in [2.45, 2.75) is 33.1 Å². The third kappa shape index (κ3) is 5.55. The van der Waals surface area contributed by atoms with Gasteiger partial charge >= 0.3 is 0 Å². The molecule has 1 fully saturated rings. The van der Waals surface area contributed by atoms with E-state index in [4.69, 9.17) is 5.73 Å². The molecule has 1 unspecified atom stereocenters. The summed E-state index contributed by atoms with van der Waals surface area (Å²) >= 11 is 2.09. The van der Waals surface area contributed by atoms with Gasteiger partial charge in [0.05, 0.1) is 0 Å². The fourth-order valence-corrected chi connectivity index (χ4v) is 3.41. The third-order valence-corrected chi connectivity index (χ3v) is 4.58. The van der Waals surface area contributed by atoms with E-state index in [0.717, 1.165) is 18.4 Å². The van der Waals surface area contributed by atoms with Crippen LogP contribution < -0.4 is 5.73 Å². The molecule has 0 radical (unpaired) electrons. The first-order chi connectivity index (χ1) is 7.74. The Morgan fingerprint density at radius 1 is 1.19 bits per heavy atom. The first-order valence-electron chi connectivity index (χ1n) is 6.74. The van der Waals surface area contributed by atoms with Crippen molar-refractivity contribution in [2.75, 3.05) is 37.7 Å². The van der Waals surface area contributed by atoms with E-state index in [1.54, 1.807) is 0 Å². The lowest BCUT2D eigenvalue weighted by molar-refractivity contribution is 0.265. The molecule has 96 valence electrons. The van der Waals surface area contributed by atoms with Crippen LogP contribution in [0.5, 0.6) is 0 Å². The first-order valence-corrected chi connectivity index (χ1v) is 7.89. The number of hydrogen-bond donors (Lipinski definition) is 1. The van der Waals surface area contributed by atoms with Crippen LogP contribution >= 0.6 is 11.8 Å². The summed E-state index contributed by atoms with van der Waals surface area (Å²) in [6.07, 6.45) is 3.92. The zero-order valence-corrected chi connectivity index (χ0v) is 11.8. The molecule has 0 saturated carbocycles. The minimum absolute atomic E-state index is 0.792. The van der Waals surface area contributed by atoms with Gasteiger partial charge in [-0.2, -0.15) is 11.8 Å².